The Kier molecular flexibility index (Phi) is 3.38. The van der Waals surface area contributed by atoms with Crippen molar-refractivity contribution in [3.05, 3.63) is 18.0 Å². The number of hydrogen-bond donors (Lipinski definition) is 0. The number of likely N-dealkylation sites (N-methyl/N-ethyl adjacent to an activating group) is 1. The van der Waals surface area contributed by atoms with Crippen LogP contribution in [0.25, 0.3) is 0 Å². The minimum atomic E-state index is 1.01. The molecule has 84 valence electrons. The SMILES string of the molecule is Cc1cnn(CCN2CCN(C)CC2)c1. The number of rotatable bonds is 3. The third-order valence-corrected chi connectivity index (χ3v) is 3.00. The summed E-state index contributed by atoms with van der Waals surface area (Å²) in [5.74, 6) is 0. The van der Waals surface area contributed by atoms with Crippen LogP contribution in [0.2, 0.25) is 0 Å². The van der Waals surface area contributed by atoms with E-state index in [2.05, 4.69) is 35.1 Å². The molecule has 0 bridgehead atoms. The van der Waals surface area contributed by atoms with Crippen LogP contribution in [0.15, 0.2) is 12.4 Å². The van der Waals surface area contributed by atoms with Crippen LogP contribution in [0.3, 0.4) is 0 Å². The highest BCUT2D eigenvalue weighted by molar-refractivity contribution is 4.99. The molecule has 0 N–H and O–H groups in total. The summed E-state index contributed by atoms with van der Waals surface area (Å²) < 4.78 is 2.04. The van der Waals surface area contributed by atoms with Crippen molar-refractivity contribution in [3.63, 3.8) is 0 Å². The maximum absolute atomic E-state index is 4.29. The van der Waals surface area contributed by atoms with Gasteiger partial charge in [0.05, 0.1) is 12.7 Å². The summed E-state index contributed by atoms with van der Waals surface area (Å²) in [6.07, 6.45) is 4.03. The molecule has 0 saturated carbocycles. The second-order valence-electron chi connectivity index (χ2n) is 4.43. The predicted molar refractivity (Wildman–Crippen MR) is 60.9 cm³/mol. The molecule has 0 unspecified atom stereocenters. The van der Waals surface area contributed by atoms with Gasteiger partial charge < -0.3 is 4.90 Å². The van der Waals surface area contributed by atoms with Crippen molar-refractivity contribution in [1.82, 2.24) is 19.6 Å². The Labute approximate surface area is 91.5 Å². The maximum Gasteiger partial charge on any atom is 0.0536 e. The first-order chi connectivity index (χ1) is 7.24. The Hall–Kier alpha value is -0.870. The average Bonchev–Trinajstić information content (AvgIpc) is 2.64. The Balaban J connectivity index is 1.74. The Morgan fingerprint density at radius 3 is 2.53 bits per heavy atom. The molecule has 15 heavy (non-hydrogen) atoms. The van der Waals surface area contributed by atoms with Gasteiger partial charge in [0.1, 0.15) is 0 Å². The van der Waals surface area contributed by atoms with Gasteiger partial charge in [0, 0.05) is 38.9 Å². The van der Waals surface area contributed by atoms with Gasteiger partial charge >= 0.3 is 0 Å². The molecule has 1 aliphatic rings. The monoisotopic (exact) mass is 208 g/mol. The fourth-order valence-electron chi connectivity index (χ4n) is 1.90. The van der Waals surface area contributed by atoms with Crippen LogP contribution in [-0.2, 0) is 6.54 Å². The molecule has 2 heterocycles. The highest BCUT2D eigenvalue weighted by Crippen LogP contribution is 2.00. The fourth-order valence-corrected chi connectivity index (χ4v) is 1.90. The molecule has 4 nitrogen and oxygen atoms in total. The number of nitrogens with zero attached hydrogens (tertiary/aromatic N) is 4. The topological polar surface area (TPSA) is 24.3 Å². The minimum Gasteiger partial charge on any atom is -0.304 e. The summed E-state index contributed by atoms with van der Waals surface area (Å²) in [4.78, 5) is 4.89. The van der Waals surface area contributed by atoms with Crippen molar-refractivity contribution in [2.45, 2.75) is 13.5 Å². The molecule has 0 aromatic carbocycles. The average molecular weight is 208 g/mol. The molecule has 1 saturated heterocycles. The van der Waals surface area contributed by atoms with Crippen molar-refractivity contribution in [3.8, 4) is 0 Å². The van der Waals surface area contributed by atoms with E-state index in [4.69, 9.17) is 0 Å². The largest absolute Gasteiger partial charge is 0.304 e. The molecule has 1 fully saturated rings. The van der Waals surface area contributed by atoms with E-state index in [0.717, 1.165) is 13.1 Å². The van der Waals surface area contributed by atoms with Gasteiger partial charge in [-0.05, 0) is 19.5 Å². The third-order valence-electron chi connectivity index (χ3n) is 3.00. The first kappa shape index (κ1) is 10.6. The molecule has 4 heteroatoms. The second kappa shape index (κ2) is 4.77. The molecular formula is C11H20N4. The number of piperazine rings is 1. The van der Waals surface area contributed by atoms with E-state index in [9.17, 15) is 0 Å². The van der Waals surface area contributed by atoms with Crippen LogP contribution in [0, 0.1) is 6.92 Å². The van der Waals surface area contributed by atoms with E-state index in [1.807, 2.05) is 10.9 Å². The van der Waals surface area contributed by atoms with E-state index < -0.39 is 0 Å². The van der Waals surface area contributed by atoms with Crippen LogP contribution in [0.4, 0.5) is 0 Å². The van der Waals surface area contributed by atoms with Crippen LogP contribution < -0.4 is 0 Å². The van der Waals surface area contributed by atoms with Gasteiger partial charge in [-0.15, -0.1) is 0 Å². The van der Waals surface area contributed by atoms with Gasteiger partial charge in [-0.2, -0.15) is 5.10 Å². The normalized spacial score (nSPS) is 19.6. The first-order valence-electron chi connectivity index (χ1n) is 5.64. The molecule has 1 aromatic rings. The van der Waals surface area contributed by atoms with Crippen molar-refractivity contribution in [1.29, 1.82) is 0 Å². The van der Waals surface area contributed by atoms with E-state index in [1.54, 1.807) is 0 Å². The lowest BCUT2D eigenvalue weighted by atomic mass is 10.3. The zero-order chi connectivity index (χ0) is 10.7. The molecule has 0 radical (unpaired) electrons. The number of aromatic nitrogens is 2. The maximum atomic E-state index is 4.29. The number of aryl methyl sites for hydroxylation is 1. The lowest BCUT2D eigenvalue weighted by molar-refractivity contribution is 0.149. The van der Waals surface area contributed by atoms with Crippen LogP contribution in [0.5, 0.6) is 0 Å². The smallest absolute Gasteiger partial charge is 0.0536 e. The van der Waals surface area contributed by atoms with Gasteiger partial charge in [-0.1, -0.05) is 0 Å². The summed E-state index contributed by atoms with van der Waals surface area (Å²) in [6, 6.07) is 0. The minimum absolute atomic E-state index is 1.01. The second-order valence-corrected chi connectivity index (χ2v) is 4.43. The zero-order valence-corrected chi connectivity index (χ0v) is 9.69. The Morgan fingerprint density at radius 2 is 1.93 bits per heavy atom. The molecule has 1 aromatic heterocycles. The summed E-state index contributed by atoms with van der Waals surface area (Å²) in [5.41, 5.74) is 1.24. The molecule has 1 aliphatic heterocycles. The first-order valence-corrected chi connectivity index (χ1v) is 5.64. The highest BCUT2D eigenvalue weighted by atomic mass is 15.3. The standard InChI is InChI=1S/C11H20N4/c1-11-9-12-15(10-11)8-7-14-5-3-13(2)4-6-14/h9-10H,3-8H2,1-2H3. The van der Waals surface area contributed by atoms with Gasteiger partial charge in [0.25, 0.3) is 0 Å². The molecule has 2 rings (SSSR count). The van der Waals surface area contributed by atoms with Crippen LogP contribution in [0.1, 0.15) is 5.56 Å². The van der Waals surface area contributed by atoms with E-state index in [-0.39, 0.29) is 0 Å². The van der Waals surface area contributed by atoms with Crippen molar-refractivity contribution >= 4 is 0 Å². The zero-order valence-electron chi connectivity index (χ0n) is 9.69. The Morgan fingerprint density at radius 1 is 1.20 bits per heavy atom. The van der Waals surface area contributed by atoms with E-state index in [1.165, 1.54) is 31.7 Å². The predicted octanol–water partition coefficient (Wildman–Crippen LogP) is 0.439. The van der Waals surface area contributed by atoms with Crippen LogP contribution in [-0.4, -0.2) is 59.4 Å². The molecule has 0 atom stereocenters. The van der Waals surface area contributed by atoms with E-state index >= 15 is 0 Å². The molecular weight excluding hydrogens is 188 g/mol. The lowest BCUT2D eigenvalue weighted by Crippen LogP contribution is -2.45. The van der Waals surface area contributed by atoms with Crippen molar-refractivity contribution < 1.29 is 0 Å². The number of hydrogen-bond acceptors (Lipinski definition) is 3. The summed E-state index contributed by atoms with van der Waals surface area (Å²) in [6.45, 7) is 8.98. The van der Waals surface area contributed by atoms with Crippen molar-refractivity contribution in [2.75, 3.05) is 39.8 Å². The quantitative estimate of drug-likeness (QED) is 0.720. The van der Waals surface area contributed by atoms with Gasteiger partial charge in [0.15, 0.2) is 0 Å². The van der Waals surface area contributed by atoms with Gasteiger partial charge in [0.2, 0.25) is 0 Å². The van der Waals surface area contributed by atoms with Crippen molar-refractivity contribution in [2.24, 2.45) is 0 Å². The van der Waals surface area contributed by atoms with Gasteiger partial charge in [-0.25, -0.2) is 0 Å². The highest BCUT2D eigenvalue weighted by Gasteiger charge is 2.12. The fraction of sp³-hybridized carbons (Fsp3) is 0.727. The summed E-state index contributed by atoms with van der Waals surface area (Å²) in [7, 11) is 2.19. The van der Waals surface area contributed by atoms with Gasteiger partial charge in [-0.3, -0.25) is 9.58 Å². The molecule has 0 aliphatic carbocycles. The van der Waals surface area contributed by atoms with Crippen LogP contribution >= 0.6 is 0 Å². The molecule has 0 spiro atoms. The summed E-state index contributed by atoms with van der Waals surface area (Å²) in [5, 5.41) is 4.29. The third kappa shape index (κ3) is 3.04. The lowest BCUT2D eigenvalue weighted by Gasteiger charge is -2.32. The Bertz CT molecular complexity index is 299. The summed E-state index contributed by atoms with van der Waals surface area (Å²) >= 11 is 0. The molecule has 0 amide bonds. The van der Waals surface area contributed by atoms with E-state index in [0.29, 0.717) is 0 Å².